The summed E-state index contributed by atoms with van der Waals surface area (Å²) < 4.78 is 0. The molecule has 52 valence electrons. The van der Waals surface area contributed by atoms with Crippen LogP contribution in [0.3, 0.4) is 0 Å². The number of oxime groups is 2. The Hall–Kier alpha value is -0.860. The minimum absolute atomic E-state index is 0.861. The van der Waals surface area contributed by atoms with Gasteiger partial charge < -0.3 is 0 Å². The summed E-state index contributed by atoms with van der Waals surface area (Å²) >= 11 is 0. The molecule has 0 rings (SSSR count). The van der Waals surface area contributed by atoms with Crippen LogP contribution in [0.5, 0.6) is 0 Å². The van der Waals surface area contributed by atoms with Gasteiger partial charge in [0.2, 0.25) is 0 Å². The van der Waals surface area contributed by atoms with Gasteiger partial charge in [0.25, 0.3) is 0 Å². The molecular weight excluding hydrogens is 116 g/mol. The van der Waals surface area contributed by atoms with Gasteiger partial charge in [-0.05, 0) is 27.7 Å². The summed E-state index contributed by atoms with van der Waals surface area (Å²) in [6, 6.07) is 0. The highest BCUT2D eigenvalue weighted by Gasteiger charge is 1.77. The van der Waals surface area contributed by atoms with Crippen LogP contribution in [0.15, 0.2) is 10.3 Å². The molecular formula is C6H12N2O. The first-order valence-corrected chi connectivity index (χ1v) is 2.81. The molecule has 3 nitrogen and oxygen atoms in total. The van der Waals surface area contributed by atoms with Crippen molar-refractivity contribution in [1.82, 2.24) is 0 Å². The van der Waals surface area contributed by atoms with E-state index in [2.05, 4.69) is 15.2 Å². The van der Waals surface area contributed by atoms with E-state index in [-0.39, 0.29) is 0 Å². The third-order valence-corrected chi connectivity index (χ3v) is 0.447. The molecule has 0 fully saturated rings. The van der Waals surface area contributed by atoms with E-state index >= 15 is 0 Å². The van der Waals surface area contributed by atoms with Gasteiger partial charge in [-0.2, -0.15) is 0 Å². The molecule has 0 aromatic rings. The number of rotatable bonds is 2. The van der Waals surface area contributed by atoms with Gasteiger partial charge >= 0.3 is 0 Å². The largest absolute Gasteiger partial charge is 0.245 e. The van der Waals surface area contributed by atoms with E-state index in [4.69, 9.17) is 0 Å². The average Bonchev–Trinajstić information content (AvgIpc) is 1.63. The molecule has 0 saturated heterocycles. The molecule has 3 heteroatoms. The van der Waals surface area contributed by atoms with Crippen molar-refractivity contribution in [3.63, 3.8) is 0 Å². The molecule has 0 N–H and O–H groups in total. The van der Waals surface area contributed by atoms with Crippen molar-refractivity contribution < 1.29 is 4.94 Å². The predicted octanol–water partition coefficient (Wildman–Crippen LogP) is 1.79. The van der Waals surface area contributed by atoms with Crippen molar-refractivity contribution in [2.75, 3.05) is 0 Å². The third-order valence-electron chi connectivity index (χ3n) is 0.447. The van der Waals surface area contributed by atoms with E-state index in [1.54, 1.807) is 0 Å². The van der Waals surface area contributed by atoms with Crippen LogP contribution in [-0.4, -0.2) is 11.4 Å². The molecule has 0 amide bonds. The molecule has 0 aliphatic carbocycles. The summed E-state index contributed by atoms with van der Waals surface area (Å²) in [7, 11) is 0. The van der Waals surface area contributed by atoms with Crippen LogP contribution in [-0.2, 0) is 4.94 Å². The summed E-state index contributed by atoms with van der Waals surface area (Å²) in [5.41, 5.74) is 1.72. The van der Waals surface area contributed by atoms with Crippen molar-refractivity contribution in [3.8, 4) is 0 Å². The van der Waals surface area contributed by atoms with E-state index < -0.39 is 0 Å². The molecule has 0 heterocycles. The standard InChI is InChI=1S/C6H12N2O/c1-5(2)7-9-8-6(3)4/h1-4H3. The Morgan fingerprint density at radius 2 is 1.22 bits per heavy atom. The van der Waals surface area contributed by atoms with Crippen LogP contribution in [0.2, 0.25) is 0 Å². The second-order valence-corrected chi connectivity index (χ2v) is 2.16. The fraction of sp³-hybridized carbons (Fsp3) is 0.667. The first-order chi connectivity index (χ1) is 4.13. The van der Waals surface area contributed by atoms with Gasteiger partial charge in [-0.1, -0.05) is 10.3 Å². The Morgan fingerprint density at radius 1 is 0.889 bits per heavy atom. The number of hydrogen-bond acceptors (Lipinski definition) is 3. The molecule has 0 spiro atoms. The maximum absolute atomic E-state index is 4.53. The lowest BCUT2D eigenvalue weighted by Gasteiger charge is -1.87. The molecule has 0 aliphatic heterocycles. The summed E-state index contributed by atoms with van der Waals surface area (Å²) in [6.45, 7) is 7.39. The second kappa shape index (κ2) is 4.06. The lowest BCUT2D eigenvalue weighted by molar-refractivity contribution is 0.155. The lowest BCUT2D eigenvalue weighted by Crippen LogP contribution is -1.84. The SMILES string of the molecule is CC(C)=NON=C(C)C. The average molecular weight is 128 g/mol. The number of hydrogen-bond donors (Lipinski definition) is 0. The van der Waals surface area contributed by atoms with E-state index in [0.29, 0.717) is 0 Å². The molecule has 9 heavy (non-hydrogen) atoms. The van der Waals surface area contributed by atoms with Gasteiger partial charge in [0.1, 0.15) is 0 Å². The lowest BCUT2D eigenvalue weighted by atomic mass is 10.5. The first kappa shape index (κ1) is 8.14. The van der Waals surface area contributed by atoms with Crippen molar-refractivity contribution in [1.29, 1.82) is 0 Å². The van der Waals surface area contributed by atoms with Crippen LogP contribution >= 0.6 is 0 Å². The topological polar surface area (TPSA) is 34.0 Å². The summed E-state index contributed by atoms with van der Waals surface area (Å²) in [6.07, 6.45) is 0. The van der Waals surface area contributed by atoms with Crippen molar-refractivity contribution >= 4 is 11.4 Å². The van der Waals surface area contributed by atoms with Crippen LogP contribution < -0.4 is 0 Å². The van der Waals surface area contributed by atoms with Crippen molar-refractivity contribution in [2.45, 2.75) is 27.7 Å². The molecule has 0 atom stereocenters. The van der Waals surface area contributed by atoms with Gasteiger partial charge in [-0.25, -0.2) is 4.94 Å². The van der Waals surface area contributed by atoms with Crippen molar-refractivity contribution in [3.05, 3.63) is 0 Å². The van der Waals surface area contributed by atoms with Crippen LogP contribution in [0.25, 0.3) is 0 Å². The summed E-state index contributed by atoms with van der Waals surface area (Å²) in [4.78, 5) is 4.53. The molecule has 0 unspecified atom stereocenters. The maximum atomic E-state index is 4.53. The summed E-state index contributed by atoms with van der Waals surface area (Å²) in [5.74, 6) is 0. The van der Waals surface area contributed by atoms with Crippen LogP contribution in [0.1, 0.15) is 27.7 Å². The Kier molecular flexibility index (Phi) is 3.67. The van der Waals surface area contributed by atoms with Gasteiger partial charge in [0, 0.05) is 0 Å². The van der Waals surface area contributed by atoms with Crippen LogP contribution in [0, 0.1) is 0 Å². The molecule has 0 bridgehead atoms. The smallest absolute Gasteiger partial charge is 0.0543 e. The fourth-order valence-electron chi connectivity index (χ4n) is 0.184. The number of nitrogens with zero attached hydrogens (tertiary/aromatic N) is 2. The Morgan fingerprint density at radius 3 is 1.44 bits per heavy atom. The molecule has 0 radical (unpaired) electrons. The van der Waals surface area contributed by atoms with Gasteiger partial charge in [0.05, 0.1) is 11.4 Å². The Labute approximate surface area is 55.4 Å². The summed E-state index contributed by atoms with van der Waals surface area (Å²) in [5, 5.41) is 7.19. The normalized spacial score (nSPS) is 8.00. The third kappa shape index (κ3) is 7.14. The zero-order valence-electron chi connectivity index (χ0n) is 6.30. The fourth-order valence-corrected chi connectivity index (χ4v) is 0.184. The Balaban J connectivity index is 3.53. The highest BCUT2D eigenvalue weighted by molar-refractivity contribution is 5.79. The highest BCUT2D eigenvalue weighted by atomic mass is 16.8. The molecule has 0 aliphatic rings. The Bertz CT molecular complexity index is 114. The zero-order valence-corrected chi connectivity index (χ0v) is 6.30. The minimum atomic E-state index is 0.861. The zero-order chi connectivity index (χ0) is 7.28. The second-order valence-electron chi connectivity index (χ2n) is 2.16. The quantitative estimate of drug-likeness (QED) is 0.412. The van der Waals surface area contributed by atoms with E-state index in [1.807, 2.05) is 27.7 Å². The molecule has 0 aromatic carbocycles. The van der Waals surface area contributed by atoms with Gasteiger partial charge in [0.15, 0.2) is 0 Å². The van der Waals surface area contributed by atoms with Gasteiger partial charge in [-0.3, -0.25) is 0 Å². The maximum Gasteiger partial charge on any atom is 0.0543 e. The van der Waals surface area contributed by atoms with Gasteiger partial charge in [-0.15, -0.1) is 0 Å². The van der Waals surface area contributed by atoms with Crippen molar-refractivity contribution in [2.24, 2.45) is 10.3 Å². The first-order valence-electron chi connectivity index (χ1n) is 2.81. The molecule has 0 aromatic heterocycles. The van der Waals surface area contributed by atoms with Crippen LogP contribution in [0.4, 0.5) is 0 Å². The monoisotopic (exact) mass is 128 g/mol. The van der Waals surface area contributed by atoms with E-state index in [1.165, 1.54) is 0 Å². The predicted molar refractivity (Wildman–Crippen MR) is 38.7 cm³/mol. The minimum Gasteiger partial charge on any atom is -0.245 e. The van der Waals surface area contributed by atoms with E-state index in [0.717, 1.165) is 11.4 Å². The highest BCUT2D eigenvalue weighted by Crippen LogP contribution is 1.82. The van der Waals surface area contributed by atoms with E-state index in [9.17, 15) is 0 Å². The molecule has 0 saturated carbocycles.